The zero-order valence-corrected chi connectivity index (χ0v) is 10.2. The molecule has 0 aliphatic heterocycles. The minimum Gasteiger partial charge on any atom is -0.397 e. The van der Waals surface area contributed by atoms with E-state index in [9.17, 15) is 0 Å². The number of anilines is 2. The number of hydrogen-bond donors (Lipinski definition) is 2. The fourth-order valence-electron chi connectivity index (χ4n) is 1.96. The van der Waals surface area contributed by atoms with Gasteiger partial charge in [-0.2, -0.15) is 0 Å². The molecule has 1 aromatic rings. The number of nitrogen functional groups attached to an aromatic ring is 1. The maximum Gasteiger partial charge on any atom is 0.0850 e. The van der Waals surface area contributed by atoms with Gasteiger partial charge >= 0.3 is 0 Å². The number of nitrogens with two attached hydrogens (primary N) is 1. The van der Waals surface area contributed by atoms with E-state index in [4.69, 9.17) is 22.1 Å². The molecule has 4 heteroatoms. The molecule has 0 atom stereocenters. The average Bonchev–Trinajstić information content (AvgIpc) is 2.22. The van der Waals surface area contributed by atoms with Gasteiger partial charge in [-0.05, 0) is 37.5 Å². The molecule has 1 saturated carbocycles. The highest BCUT2D eigenvalue weighted by atomic mass is 35.5. The van der Waals surface area contributed by atoms with Crippen molar-refractivity contribution in [3.05, 3.63) is 23.2 Å². The number of halogens is 1. The number of methoxy groups -OCH3 is 1. The van der Waals surface area contributed by atoms with E-state index >= 15 is 0 Å². The Bertz CT molecular complexity index is 372. The van der Waals surface area contributed by atoms with E-state index in [2.05, 4.69) is 5.32 Å². The first-order valence-electron chi connectivity index (χ1n) is 5.49. The van der Waals surface area contributed by atoms with Crippen LogP contribution in [0.15, 0.2) is 18.2 Å². The first kappa shape index (κ1) is 11.6. The van der Waals surface area contributed by atoms with Crippen molar-refractivity contribution < 1.29 is 4.74 Å². The van der Waals surface area contributed by atoms with E-state index < -0.39 is 0 Å². The maximum atomic E-state index is 5.92. The molecule has 1 aliphatic rings. The highest BCUT2D eigenvalue weighted by Gasteiger charge is 2.36. The summed E-state index contributed by atoms with van der Waals surface area (Å²) >= 11 is 5.92. The number of ether oxygens (including phenoxy) is 1. The number of hydrogen-bond acceptors (Lipinski definition) is 3. The number of nitrogens with one attached hydrogen (secondary N) is 1. The molecule has 1 fully saturated rings. The fraction of sp³-hybridized carbons (Fsp3) is 0.500. The Kier molecular flexibility index (Phi) is 3.26. The maximum absolute atomic E-state index is 5.92. The lowest BCUT2D eigenvalue weighted by Gasteiger charge is -2.40. The van der Waals surface area contributed by atoms with E-state index in [1.54, 1.807) is 13.2 Å². The molecule has 0 heterocycles. The summed E-state index contributed by atoms with van der Waals surface area (Å²) in [6.45, 7) is 0.786. The van der Waals surface area contributed by atoms with Crippen LogP contribution in [0.4, 0.5) is 11.4 Å². The zero-order valence-electron chi connectivity index (χ0n) is 9.42. The van der Waals surface area contributed by atoms with Crippen LogP contribution < -0.4 is 11.1 Å². The van der Waals surface area contributed by atoms with Crippen LogP contribution in [0.2, 0.25) is 5.02 Å². The van der Waals surface area contributed by atoms with Crippen molar-refractivity contribution in [2.75, 3.05) is 24.7 Å². The van der Waals surface area contributed by atoms with Crippen molar-refractivity contribution in [2.24, 2.45) is 0 Å². The molecule has 0 spiro atoms. The quantitative estimate of drug-likeness (QED) is 0.796. The summed E-state index contributed by atoms with van der Waals surface area (Å²) in [6, 6.07) is 5.45. The number of rotatable bonds is 4. The van der Waals surface area contributed by atoms with Gasteiger partial charge in [0.2, 0.25) is 0 Å². The lowest BCUT2D eigenvalue weighted by atomic mass is 9.80. The Balaban J connectivity index is 2.01. The van der Waals surface area contributed by atoms with Crippen molar-refractivity contribution in [1.82, 2.24) is 0 Å². The van der Waals surface area contributed by atoms with Crippen molar-refractivity contribution in [1.29, 1.82) is 0 Å². The molecule has 0 bridgehead atoms. The smallest absolute Gasteiger partial charge is 0.0850 e. The Morgan fingerprint density at radius 1 is 1.50 bits per heavy atom. The van der Waals surface area contributed by atoms with Gasteiger partial charge in [0, 0.05) is 18.7 Å². The Hall–Kier alpha value is -0.930. The summed E-state index contributed by atoms with van der Waals surface area (Å²) in [5, 5.41) is 4.00. The predicted octanol–water partition coefficient (Wildman–Crippen LogP) is 2.90. The zero-order chi connectivity index (χ0) is 11.6. The monoisotopic (exact) mass is 240 g/mol. The summed E-state index contributed by atoms with van der Waals surface area (Å²) < 4.78 is 5.53. The van der Waals surface area contributed by atoms with Crippen LogP contribution in [-0.2, 0) is 4.74 Å². The molecule has 3 N–H and O–H groups in total. The molecule has 0 amide bonds. The van der Waals surface area contributed by atoms with E-state index in [0.29, 0.717) is 5.02 Å². The molecule has 0 saturated heterocycles. The minimum atomic E-state index is -0.00520. The Morgan fingerprint density at radius 2 is 2.25 bits per heavy atom. The van der Waals surface area contributed by atoms with Crippen molar-refractivity contribution in [3.8, 4) is 0 Å². The molecule has 0 unspecified atom stereocenters. The van der Waals surface area contributed by atoms with Crippen LogP contribution in [0.1, 0.15) is 19.3 Å². The lowest BCUT2D eigenvalue weighted by Crippen LogP contribution is -2.45. The van der Waals surface area contributed by atoms with Gasteiger partial charge < -0.3 is 15.8 Å². The molecular weight excluding hydrogens is 224 g/mol. The van der Waals surface area contributed by atoms with Gasteiger partial charge in [-0.15, -0.1) is 0 Å². The summed E-state index contributed by atoms with van der Waals surface area (Å²) in [4.78, 5) is 0. The largest absolute Gasteiger partial charge is 0.397 e. The first-order valence-corrected chi connectivity index (χ1v) is 5.87. The van der Waals surface area contributed by atoms with Gasteiger partial charge in [0.1, 0.15) is 0 Å². The van der Waals surface area contributed by atoms with Crippen LogP contribution in [0.25, 0.3) is 0 Å². The average molecular weight is 241 g/mol. The number of benzene rings is 1. The second-order valence-electron chi connectivity index (χ2n) is 4.33. The van der Waals surface area contributed by atoms with Crippen LogP contribution in [0, 0.1) is 0 Å². The van der Waals surface area contributed by atoms with Crippen LogP contribution in [-0.4, -0.2) is 19.3 Å². The molecule has 0 radical (unpaired) electrons. The second-order valence-corrected chi connectivity index (χ2v) is 4.76. The fourth-order valence-corrected chi connectivity index (χ4v) is 2.13. The molecule has 2 rings (SSSR count). The lowest BCUT2D eigenvalue weighted by molar-refractivity contribution is -0.0601. The predicted molar refractivity (Wildman–Crippen MR) is 67.9 cm³/mol. The van der Waals surface area contributed by atoms with Gasteiger partial charge in [-0.25, -0.2) is 0 Å². The summed E-state index contributed by atoms with van der Waals surface area (Å²) in [5.74, 6) is 0. The molecule has 3 nitrogen and oxygen atoms in total. The molecule has 1 aliphatic carbocycles. The SMILES string of the molecule is COC1(CNc2cc(Cl)ccc2N)CCC1. The van der Waals surface area contributed by atoms with Gasteiger partial charge in [0.05, 0.1) is 17.0 Å². The van der Waals surface area contributed by atoms with Gasteiger partial charge in [0.15, 0.2) is 0 Å². The third kappa shape index (κ3) is 2.25. The summed E-state index contributed by atoms with van der Waals surface area (Å²) in [5.41, 5.74) is 7.46. The third-order valence-electron chi connectivity index (χ3n) is 3.31. The molecular formula is C12H17ClN2O. The Morgan fingerprint density at radius 3 is 2.81 bits per heavy atom. The van der Waals surface area contributed by atoms with Gasteiger partial charge in [-0.3, -0.25) is 0 Å². The standard InChI is InChI=1S/C12H17ClN2O/c1-16-12(5-2-6-12)8-15-11-7-9(13)3-4-10(11)14/h3-4,7,15H,2,5-6,8,14H2,1H3. The third-order valence-corrected chi connectivity index (χ3v) is 3.55. The summed E-state index contributed by atoms with van der Waals surface area (Å²) in [7, 11) is 1.77. The van der Waals surface area contributed by atoms with Gasteiger partial charge in [-0.1, -0.05) is 11.6 Å². The molecule has 0 aromatic heterocycles. The topological polar surface area (TPSA) is 47.3 Å². The highest BCUT2D eigenvalue weighted by molar-refractivity contribution is 6.31. The van der Waals surface area contributed by atoms with Gasteiger partial charge in [0.25, 0.3) is 0 Å². The first-order chi connectivity index (χ1) is 7.65. The Labute approximate surface area is 101 Å². The van der Waals surface area contributed by atoms with Crippen molar-refractivity contribution >= 4 is 23.0 Å². The van der Waals surface area contributed by atoms with Crippen LogP contribution >= 0.6 is 11.6 Å². The van der Waals surface area contributed by atoms with Crippen molar-refractivity contribution in [3.63, 3.8) is 0 Å². The molecule has 1 aromatic carbocycles. The normalized spacial score (nSPS) is 17.9. The molecule has 16 heavy (non-hydrogen) atoms. The van der Waals surface area contributed by atoms with Crippen molar-refractivity contribution in [2.45, 2.75) is 24.9 Å². The van der Waals surface area contributed by atoms with E-state index in [-0.39, 0.29) is 5.60 Å². The second kappa shape index (κ2) is 4.52. The summed E-state index contributed by atoms with van der Waals surface area (Å²) in [6.07, 6.45) is 3.45. The molecule has 88 valence electrons. The van der Waals surface area contributed by atoms with E-state index in [0.717, 1.165) is 30.8 Å². The van der Waals surface area contributed by atoms with Crippen LogP contribution in [0.5, 0.6) is 0 Å². The van der Waals surface area contributed by atoms with Crippen LogP contribution in [0.3, 0.4) is 0 Å². The van der Waals surface area contributed by atoms with E-state index in [1.807, 2.05) is 12.1 Å². The minimum absolute atomic E-state index is 0.00520. The highest BCUT2D eigenvalue weighted by Crippen LogP contribution is 2.35. The van der Waals surface area contributed by atoms with E-state index in [1.165, 1.54) is 6.42 Å².